The molecule has 42 heavy (non-hydrogen) atoms. The van der Waals surface area contributed by atoms with E-state index >= 15 is 0 Å². The molecule has 0 atom stereocenters. The van der Waals surface area contributed by atoms with E-state index in [-0.39, 0.29) is 25.2 Å². The summed E-state index contributed by atoms with van der Waals surface area (Å²) >= 11 is 5.96. The summed E-state index contributed by atoms with van der Waals surface area (Å²) in [6, 6.07) is 10.4. The summed E-state index contributed by atoms with van der Waals surface area (Å²) in [5.41, 5.74) is -1.21. The van der Waals surface area contributed by atoms with E-state index in [9.17, 15) is 28.1 Å². The molecule has 2 aliphatic heterocycles. The molecule has 10 nitrogen and oxygen atoms in total. The number of hydrogen-bond acceptors (Lipinski definition) is 7. The third-order valence-corrected chi connectivity index (χ3v) is 7.03. The Balaban J connectivity index is 0.00000116. The van der Waals surface area contributed by atoms with Crippen molar-refractivity contribution in [2.75, 3.05) is 50.7 Å². The third-order valence-electron chi connectivity index (χ3n) is 6.77. The first kappa shape index (κ1) is 34.6. The number of aliphatic carboxylic acids is 1. The van der Waals surface area contributed by atoms with Crippen molar-refractivity contribution in [3.8, 4) is 5.75 Å². The molecule has 1 N–H and O–H groups in total. The number of rotatable bonds is 7. The number of carbonyl (C=O) groups is 2. The Morgan fingerprint density at radius 2 is 1.62 bits per heavy atom. The zero-order chi connectivity index (χ0) is 30.2. The van der Waals surface area contributed by atoms with Crippen LogP contribution in [0.15, 0.2) is 42.5 Å². The summed E-state index contributed by atoms with van der Waals surface area (Å²) in [6.45, 7) is 6.13. The molecule has 0 bridgehead atoms. The van der Waals surface area contributed by atoms with Gasteiger partial charge in [0, 0.05) is 88.8 Å². The van der Waals surface area contributed by atoms with E-state index in [0.29, 0.717) is 50.0 Å². The second kappa shape index (κ2) is 15.6. The third kappa shape index (κ3) is 10.4. The Labute approximate surface area is 247 Å². The van der Waals surface area contributed by atoms with Gasteiger partial charge in [-0.1, -0.05) is 19.0 Å². The molecule has 0 saturated carbocycles. The summed E-state index contributed by atoms with van der Waals surface area (Å²) < 4.78 is 45.3. The highest BCUT2D eigenvalue weighted by atomic mass is 35.5. The Morgan fingerprint density at radius 3 is 2.14 bits per heavy atom. The van der Waals surface area contributed by atoms with Gasteiger partial charge in [0.25, 0.3) is 11.7 Å². The lowest BCUT2D eigenvalue weighted by Crippen LogP contribution is -2.48. The highest BCUT2D eigenvalue weighted by molar-refractivity contribution is 6.30. The summed E-state index contributed by atoms with van der Waals surface area (Å²) in [6.07, 6.45) is -3.87. The van der Waals surface area contributed by atoms with Gasteiger partial charge in [-0.3, -0.25) is 24.6 Å². The molecular formula is C28H36ClF3N4O6. The lowest BCUT2D eigenvalue weighted by Gasteiger charge is -2.37. The molecule has 2 aromatic carbocycles. The van der Waals surface area contributed by atoms with Crippen LogP contribution in [0.4, 0.5) is 24.5 Å². The monoisotopic (exact) mass is 616 g/mol. The lowest BCUT2D eigenvalue weighted by atomic mass is 10.1. The second-order valence-electron chi connectivity index (χ2n) is 9.71. The number of piperazine rings is 1. The van der Waals surface area contributed by atoms with E-state index in [1.54, 1.807) is 4.90 Å². The fraction of sp³-hybridized carbons (Fsp3) is 0.500. The first-order valence-electron chi connectivity index (χ1n) is 13.1. The first-order chi connectivity index (χ1) is 19.3. The van der Waals surface area contributed by atoms with Crippen LogP contribution in [0.3, 0.4) is 0 Å². The quantitative estimate of drug-likeness (QED) is 0.317. The van der Waals surface area contributed by atoms with Crippen LogP contribution < -0.4 is 9.64 Å². The maximum absolute atomic E-state index is 13.2. The van der Waals surface area contributed by atoms with Crippen molar-refractivity contribution in [2.45, 2.75) is 45.9 Å². The van der Waals surface area contributed by atoms with Crippen molar-refractivity contribution < 1.29 is 37.5 Å². The molecule has 0 unspecified atom stereocenters. The molecule has 4 rings (SSSR count). The minimum absolute atomic E-state index is 0. The summed E-state index contributed by atoms with van der Waals surface area (Å²) in [5.74, 6) is -0.853. The number of benzene rings is 2. The number of carboxylic acids is 1. The van der Waals surface area contributed by atoms with E-state index in [4.69, 9.17) is 26.2 Å². The minimum atomic E-state index is -4.86. The average molecular weight is 617 g/mol. The highest BCUT2D eigenvalue weighted by Gasteiger charge is 2.39. The van der Waals surface area contributed by atoms with Crippen molar-refractivity contribution in [3.05, 3.63) is 63.2 Å². The van der Waals surface area contributed by atoms with Crippen molar-refractivity contribution in [1.29, 1.82) is 0 Å². The zero-order valence-electron chi connectivity index (χ0n) is 22.5. The van der Waals surface area contributed by atoms with E-state index in [1.807, 2.05) is 24.3 Å². The smallest absolute Gasteiger partial charge is 0.423 e. The maximum atomic E-state index is 13.2. The molecular weight excluding hydrogens is 581 g/mol. The zero-order valence-corrected chi connectivity index (χ0v) is 23.2. The van der Waals surface area contributed by atoms with Crippen LogP contribution in [0, 0.1) is 10.1 Å². The number of alkyl halides is 3. The largest absolute Gasteiger partial charge is 0.490 e. The Morgan fingerprint density at radius 1 is 1.05 bits per heavy atom. The Hall–Kier alpha value is -3.58. The molecule has 2 heterocycles. The van der Waals surface area contributed by atoms with Crippen LogP contribution in [0.2, 0.25) is 5.02 Å². The molecule has 2 saturated heterocycles. The molecule has 2 aliphatic rings. The number of carbonyl (C=O) groups excluding carboxylic acids is 1. The predicted octanol–water partition coefficient (Wildman–Crippen LogP) is 5.58. The van der Waals surface area contributed by atoms with Crippen molar-refractivity contribution in [1.82, 2.24) is 9.80 Å². The maximum Gasteiger partial charge on any atom is 0.423 e. The second-order valence-corrected chi connectivity index (χ2v) is 10.1. The lowest BCUT2D eigenvalue weighted by molar-refractivity contribution is -0.388. The Kier molecular flexibility index (Phi) is 12.9. The van der Waals surface area contributed by atoms with Crippen molar-refractivity contribution in [3.63, 3.8) is 0 Å². The van der Waals surface area contributed by atoms with Crippen LogP contribution in [-0.4, -0.2) is 83.6 Å². The van der Waals surface area contributed by atoms with Gasteiger partial charge in [0.2, 0.25) is 5.91 Å². The van der Waals surface area contributed by atoms with E-state index in [2.05, 4.69) is 9.80 Å². The van der Waals surface area contributed by atoms with Gasteiger partial charge in [0.15, 0.2) is 0 Å². The predicted molar refractivity (Wildman–Crippen MR) is 153 cm³/mol. The molecule has 1 amide bonds. The van der Waals surface area contributed by atoms with Gasteiger partial charge in [-0.25, -0.2) is 0 Å². The molecule has 232 valence electrons. The number of likely N-dealkylation sites (tertiary alicyclic amines) is 1. The molecule has 2 aromatic rings. The molecule has 0 radical (unpaired) electrons. The standard InChI is InChI=1S/C25H28ClF3N4O4.C2H4O2.CH4/c26-18-1-3-19(4-2-18)31-15-13-30(14-16-31)10-9-24(34)32-11-7-20(8-12-32)37-21-5-6-23(33(35)36)22(17-21)25(27,28)29;1-2(3)4;/h1-6,17,20H,7-16H2;1H3,(H,3,4);1H4. The summed E-state index contributed by atoms with van der Waals surface area (Å²) in [5, 5.41) is 19.0. The SMILES string of the molecule is C.CC(=O)O.O=C(CCN1CCN(c2ccc(Cl)cc2)CC1)N1CCC(Oc2ccc([N+](=O)[O-])c(C(F)(F)F)c2)CC1. The topological polar surface area (TPSA) is 116 Å². The normalized spacial score (nSPS) is 16.1. The number of nitro benzene ring substituents is 1. The Bertz CT molecular complexity index is 1200. The molecule has 0 spiro atoms. The molecule has 2 fully saturated rings. The van der Waals surface area contributed by atoms with Gasteiger partial charge in [0.1, 0.15) is 17.4 Å². The van der Waals surface area contributed by atoms with Gasteiger partial charge in [-0.2, -0.15) is 13.2 Å². The number of nitrogens with zero attached hydrogens (tertiary/aromatic N) is 4. The van der Waals surface area contributed by atoms with Crippen LogP contribution >= 0.6 is 11.6 Å². The number of ether oxygens (including phenoxy) is 1. The minimum Gasteiger partial charge on any atom is -0.490 e. The van der Waals surface area contributed by atoms with E-state index < -0.39 is 28.3 Å². The average Bonchev–Trinajstić information content (AvgIpc) is 2.92. The molecule has 0 aliphatic carbocycles. The first-order valence-corrected chi connectivity index (χ1v) is 13.4. The van der Waals surface area contributed by atoms with Gasteiger partial charge in [-0.05, 0) is 36.4 Å². The fourth-order valence-electron chi connectivity index (χ4n) is 4.68. The number of anilines is 1. The number of amides is 1. The van der Waals surface area contributed by atoms with Gasteiger partial charge in [-0.15, -0.1) is 0 Å². The number of carboxylic acid groups (broad SMARTS) is 1. The highest BCUT2D eigenvalue weighted by Crippen LogP contribution is 2.38. The van der Waals surface area contributed by atoms with Gasteiger partial charge in [0.05, 0.1) is 4.92 Å². The molecule has 14 heteroatoms. The van der Waals surface area contributed by atoms with Crippen molar-refractivity contribution >= 4 is 34.9 Å². The van der Waals surface area contributed by atoms with Crippen LogP contribution in [0.25, 0.3) is 0 Å². The molecule has 0 aromatic heterocycles. The number of hydrogen-bond donors (Lipinski definition) is 1. The van der Waals surface area contributed by atoms with Crippen LogP contribution in [0.1, 0.15) is 39.2 Å². The van der Waals surface area contributed by atoms with Crippen molar-refractivity contribution in [2.24, 2.45) is 0 Å². The van der Waals surface area contributed by atoms with Crippen LogP contribution in [0.5, 0.6) is 5.75 Å². The van der Waals surface area contributed by atoms with Gasteiger partial charge >= 0.3 is 6.18 Å². The van der Waals surface area contributed by atoms with E-state index in [0.717, 1.165) is 44.9 Å². The van der Waals surface area contributed by atoms with E-state index in [1.165, 1.54) is 6.07 Å². The summed E-state index contributed by atoms with van der Waals surface area (Å²) in [7, 11) is 0. The van der Waals surface area contributed by atoms with Crippen LogP contribution in [-0.2, 0) is 15.8 Å². The summed E-state index contributed by atoms with van der Waals surface area (Å²) in [4.78, 5) is 37.9. The number of halogens is 4. The number of piperidine rings is 1. The number of nitro groups is 1. The van der Waals surface area contributed by atoms with Gasteiger partial charge < -0.3 is 19.6 Å². The fourth-order valence-corrected chi connectivity index (χ4v) is 4.81.